The molecule has 0 bridgehead atoms. The van der Waals surface area contributed by atoms with Gasteiger partial charge in [-0.3, -0.25) is 0 Å². The van der Waals surface area contributed by atoms with Gasteiger partial charge in [0, 0.05) is 19.0 Å². The van der Waals surface area contributed by atoms with Crippen molar-refractivity contribution in [1.82, 2.24) is 10.6 Å². The fraction of sp³-hybridized carbons (Fsp3) is 0.917. The normalized spacial score (nSPS) is 42.1. The van der Waals surface area contributed by atoms with Gasteiger partial charge < -0.3 is 10.6 Å². The van der Waals surface area contributed by atoms with Crippen LogP contribution >= 0.6 is 0 Å². The molecule has 1 heterocycles. The fourth-order valence-electron chi connectivity index (χ4n) is 2.72. The zero-order valence-electron chi connectivity index (χ0n) is 9.50. The Balaban J connectivity index is 1.78. The van der Waals surface area contributed by atoms with E-state index in [0.29, 0.717) is 12.1 Å². The van der Waals surface area contributed by atoms with Gasteiger partial charge in [-0.25, -0.2) is 0 Å². The van der Waals surface area contributed by atoms with E-state index >= 15 is 0 Å². The molecule has 0 radical (unpaired) electrons. The third-order valence-electron chi connectivity index (χ3n) is 3.80. The van der Waals surface area contributed by atoms with Crippen LogP contribution in [0.5, 0.6) is 0 Å². The van der Waals surface area contributed by atoms with Crippen molar-refractivity contribution in [3.8, 4) is 6.07 Å². The Morgan fingerprint density at radius 3 is 2.20 bits per heavy atom. The Hall–Kier alpha value is -0.590. The topological polar surface area (TPSA) is 47.9 Å². The number of nitrogens with zero attached hydrogens (tertiary/aromatic N) is 1. The van der Waals surface area contributed by atoms with E-state index in [9.17, 15) is 0 Å². The molecule has 1 aliphatic heterocycles. The van der Waals surface area contributed by atoms with E-state index in [1.54, 1.807) is 0 Å². The van der Waals surface area contributed by atoms with Crippen molar-refractivity contribution in [2.45, 2.75) is 38.8 Å². The Morgan fingerprint density at radius 2 is 1.67 bits per heavy atom. The van der Waals surface area contributed by atoms with E-state index in [-0.39, 0.29) is 0 Å². The summed E-state index contributed by atoms with van der Waals surface area (Å²) < 4.78 is 0. The monoisotopic (exact) mass is 207 g/mol. The van der Waals surface area contributed by atoms with Crippen molar-refractivity contribution in [2.24, 2.45) is 17.8 Å². The Bertz CT molecular complexity index is 230. The molecule has 1 aliphatic carbocycles. The van der Waals surface area contributed by atoms with Crippen molar-refractivity contribution in [3.63, 3.8) is 0 Å². The average Bonchev–Trinajstić information content (AvgIpc) is 2.30. The number of hydrogen-bond acceptors (Lipinski definition) is 3. The molecule has 0 atom stereocenters. The number of hydrogen-bond donors (Lipinski definition) is 2. The van der Waals surface area contributed by atoms with Crippen LogP contribution in [-0.4, -0.2) is 19.3 Å². The minimum atomic E-state index is 0.323. The number of rotatable bonds is 1. The highest BCUT2D eigenvalue weighted by atomic mass is 15.2. The highest BCUT2D eigenvalue weighted by Gasteiger charge is 2.29. The number of nitriles is 1. The lowest BCUT2D eigenvalue weighted by atomic mass is 9.80. The molecule has 0 spiro atoms. The zero-order valence-corrected chi connectivity index (χ0v) is 9.50. The first-order valence-electron chi connectivity index (χ1n) is 6.16. The maximum absolute atomic E-state index is 8.84. The van der Waals surface area contributed by atoms with Crippen LogP contribution in [0.2, 0.25) is 0 Å². The van der Waals surface area contributed by atoms with Gasteiger partial charge in [0.25, 0.3) is 0 Å². The third-order valence-corrected chi connectivity index (χ3v) is 3.80. The summed E-state index contributed by atoms with van der Waals surface area (Å²) >= 11 is 0. The van der Waals surface area contributed by atoms with Crippen molar-refractivity contribution < 1.29 is 0 Å². The summed E-state index contributed by atoms with van der Waals surface area (Å²) in [7, 11) is 0. The summed E-state index contributed by atoms with van der Waals surface area (Å²) in [6.07, 6.45) is 5.10. The van der Waals surface area contributed by atoms with Gasteiger partial charge in [-0.05, 0) is 37.5 Å². The van der Waals surface area contributed by atoms with Crippen LogP contribution in [-0.2, 0) is 0 Å². The second kappa shape index (κ2) is 4.96. The molecule has 3 heteroatoms. The van der Waals surface area contributed by atoms with Gasteiger partial charge in [0.05, 0.1) is 12.2 Å². The molecule has 0 unspecified atom stereocenters. The van der Waals surface area contributed by atoms with E-state index in [4.69, 9.17) is 5.26 Å². The largest absolute Gasteiger partial charge is 0.301 e. The SMILES string of the molecule is CC1CNC(C2CCC(C#N)CC2)NC1. The summed E-state index contributed by atoms with van der Waals surface area (Å²) in [5.74, 6) is 1.81. The summed E-state index contributed by atoms with van der Waals surface area (Å²) in [5.41, 5.74) is 0. The molecular formula is C12H21N3. The molecule has 0 aromatic rings. The van der Waals surface area contributed by atoms with Gasteiger partial charge in [0.1, 0.15) is 0 Å². The van der Waals surface area contributed by atoms with Gasteiger partial charge in [0.2, 0.25) is 0 Å². The van der Waals surface area contributed by atoms with E-state index in [0.717, 1.165) is 37.8 Å². The van der Waals surface area contributed by atoms with Gasteiger partial charge in [-0.2, -0.15) is 5.26 Å². The Morgan fingerprint density at radius 1 is 1.07 bits per heavy atom. The smallest absolute Gasteiger partial charge is 0.0655 e. The molecule has 1 saturated heterocycles. The third kappa shape index (κ3) is 2.70. The van der Waals surface area contributed by atoms with Gasteiger partial charge in [-0.15, -0.1) is 0 Å². The maximum atomic E-state index is 8.84. The summed E-state index contributed by atoms with van der Waals surface area (Å²) in [6.45, 7) is 4.54. The highest BCUT2D eigenvalue weighted by Crippen LogP contribution is 2.30. The first kappa shape index (κ1) is 10.9. The van der Waals surface area contributed by atoms with Crippen LogP contribution < -0.4 is 10.6 Å². The summed E-state index contributed by atoms with van der Waals surface area (Å²) in [5, 5.41) is 16.0. The minimum Gasteiger partial charge on any atom is -0.301 e. The highest BCUT2D eigenvalue weighted by molar-refractivity contribution is 4.90. The molecule has 0 amide bonds. The average molecular weight is 207 g/mol. The first-order valence-corrected chi connectivity index (χ1v) is 6.16. The Labute approximate surface area is 92.2 Å². The van der Waals surface area contributed by atoms with Gasteiger partial charge in [-0.1, -0.05) is 6.92 Å². The van der Waals surface area contributed by atoms with Crippen LogP contribution in [0.1, 0.15) is 32.6 Å². The van der Waals surface area contributed by atoms with E-state index in [1.165, 1.54) is 12.8 Å². The first-order chi connectivity index (χ1) is 7.29. The molecular weight excluding hydrogens is 186 g/mol. The van der Waals surface area contributed by atoms with Crippen molar-refractivity contribution in [3.05, 3.63) is 0 Å². The molecule has 2 rings (SSSR count). The molecule has 84 valence electrons. The second-order valence-corrected chi connectivity index (χ2v) is 5.14. The lowest BCUT2D eigenvalue weighted by Crippen LogP contribution is -2.56. The minimum absolute atomic E-state index is 0.323. The molecule has 2 aliphatic rings. The summed E-state index contributed by atoms with van der Waals surface area (Å²) in [6, 6.07) is 2.39. The standard InChI is InChI=1S/C12H21N3/c1-9-7-14-12(15-8-9)11-4-2-10(6-13)3-5-11/h9-12,14-15H,2-5,7-8H2,1H3. The predicted molar refractivity (Wildman–Crippen MR) is 60.0 cm³/mol. The van der Waals surface area contributed by atoms with E-state index in [2.05, 4.69) is 23.6 Å². The van der Waals surface area contributed by atoms with Crippen LogP contribution in [0.3, 0.4) is 0 Å². The maximum Gasteiger partial charge on any atom is 0.0655 e. The second-order valence-electron chi connectivity index (χ2n) is 5.14. The van der Waals surface area contributed by atoms with E-state index < -0.39 is 0 Å². The molecule has 3 nitrogen and oxygen atoms in total. The summed E-state index contributed by atoms with van der Waals surface area (Å²) in [4.78, 5) is 0. The van der Waals surface area contributed by atoms with Crippen molar-refractivity contribution in [2.75, 3.05) is 13.1 Å². The lowest BCUT2D eigenvalue weighted by molar-refractivity contribution is 0.181. The van der Waals surface area contributed by atoms with Crippen LogP contribution in [0.4, 0.5) is 0 Å². The van der Waals surface area contributed by atoms with Crippen LogP contribution in [0.25, 0.3) is 0 Å². The van der Waals surface area contributed by atoms with Crippen molar-refractivity contribution >= 4 is 0 Å². The zero-order chi connectivity index (χ0) is 10.7. The molecule has 15 heavy (non-hydrogen) atoms. The van der Waals surface area contributed by atoms with Crippen LogP contribution in [0.15, 0.2) is 0 Å². The number of nitrogens with one attached hydrogen (secondary N) is 2. The predicted octanol–water partition coefficient (Wildman–Crippen LogP) is 1.47. The molecule has 0 aromatic carbocycles. The van der Waals surface area contributed by atoms with E-state index in [1.807, 2.05) is 0 Å². The van der Waals surface area contributed by atoms with Gasteiger partial charge in [0.15, 0.2) is 0 Å². The van der Waals surface area contributed by atoms with Crippen LogP contribution in [0, 0.1) is 29.1 Å². The molecule has 1 saturated carbocycles. The molecule has 2 fully saturated rings. The lowest BCUT2D eigenvalue weighted by Gasteiger charge is -2.37. The van der Waals surface area contributed by atoms with Crippen molar-refractivity contribution in [1.29, 1.82) is 5.26 Å². The molecule has 0 aromatic heterocycles. The quantitative estimate of drug-likeness (QED) is 0.684. The fourth-order valence-corrected chi connectivity index (χ4v) is 2.72. The van der Waals surface area contributed by atoms with Gasteiger partial charge >= 0.3 is 0 Å². The molecule has 2 N–H and O–H groups in total. The Kier molecular flexibility index (Phi) is 3.61.